The van der Waals surface area contributed by atoms with Crippen molar-refractivity contribution >= 4 is 6.16 Å². The molecule has 1 aliphatic rings. The number of nitrogens with zero attached hydrogens (tertiary/aromatic N) is 4. The number of aryl methyl sites for hydroxylation is 1. The largest absolute Gasteiger partial charge is 0.507 e. The normalized spacial score (nSPS) is 17.0. The predicted molar refractivity (Wildman–Crippen MR) is 75.9 cm³/mol. The summed E-state index contributed by atoms with van der Waals surface area (Å²) in [6.07, 6.45) is -5.71. The molecule has 0 spiro atoms. The minimum Gasteiger partial charge on any atom is -0.450 e. The Morgan fingerprint density at radius 1 is 1.42 bits per heavy atom. The van der Waals surface area contributed by atoms with Gasteiger partial charge >= 0.3 is 18.0 Å². The van der Waals surface area contributed by atoms with Crippen molar-refractivity contribution in [2.24, 2.45) is 0 Å². The molecule has 1 aliphatic heterocycles. The molecule has 0 aromatic carbocycles. The van der Waals surface area contributed by atoms with Crippen molar-refractivity contribution in [3.8, 4) is 0 Å². The Morgan fingerprint density at radius 3 is 2.81 bits per heavy atom. The Labute approximate surface area is 142 Å². The van der Waals surface area contributed by atoms with Crippen LogP contribution in [0.5, 0.6) is 0 Å². The number of rotatable bonds is 3. The van der Waals surface area contributed by atoms with Gasteiger partial charge in [-0.15, -0.1) is 0 Å². The van der Waals surface area contributed by atoms with Crippen LogP contribution in [0.15, 0.2) is 17.1 Å². The molecule has 8 nitrogen and oxygen atoms in total. The molecule has 1 atom stereocenters. The molecule has 0 saturated carbocycles. The third-order valence-corrected chi connectivity index (χ3v) is 3.88. The third kappa shape index (κ3) is 3.26. The van der Waals surface area contributed by atoms with Gasteiger partial charge in [-0.25, -0.2) is 28.2 Å². The van der Waals surface area contributed by atoms with Crippen molar-refractivity contribution in [2.45, 2.75) is 38.2 Å². The van der Waals surface area contributed by atoms with E-state index in [1.165, 1.54) is 0 Å². The zero-order valence-electron chi connectivity index (χ0n) is 13.0. The number of hydrogen-bond acceptors (Lipinski definition) is 5. The van der Waals surface area contributed by atoms with Crippen LogP contribution in [-0.2, 0) is 23.9 Å². The molecule has 26 heavy (non-hydrogen) atoms. The molecule has 0 unspecified atom stereocenters. The molecule has 140 valence electrons. The lowest BCUT2D eigenvalue weighted by Crippen LogP contribution is -2.33. The molecule has 2 aromatic heterocycles. The zero-order chi connectivity index (χ0) is 19.1. The van der Waals surface area contributed by atoms with Crippen molar-refractivity contribution in [3.63, 3.8) is 0 Å². The SMILES string of the molecule is O=C(O)O[C@H]1CCCc2nn(Cc3ccnc(C(F)(F)F)c3F)c(=O)n21. The summed E-state index contributed by atoms with van der Waals surface area (Å²) >= 11 is 0. The van der Waals surface area contributed by atoms with Gasteiger partial charge in [0.2, 0.25) is 0 Å². The maximum absolute atomic E-state index is 14.1. The zero-order valence-corrected chi connectivity index (χ0v) is 13.0. The fraction of sp³-hybridized carbons (Fsp3) is 0.429. The quantitative estimate of drug-likeness (QED) is 0.651. The first-order valence-electron chi connectivity index (χ1n) is 7.47. The Bertz CT molecular complexity index is 905. The van der Waals surface area contributed by atoms with Crippen LogP contribution in [0, 0.1) is 5.82 Å². The van der Waals surface area contributed by atoms with E-state index in [-0.39, 0.29) is 12.2 Å². The first kappa shape index (κ1) is 17.9. The van der Waals surface area contributed by atoms with Crippen molar-refractivity contribution in [2.75, 3.05) is 0 Å². The fourth-order valence-electron chi connectivity index (χ4n) is 2.78. The molecular formula is C14H12F4N4O4. The number of halogens is 4. The Morgan fingerprint density at radius 2 is 2.15 bits per heavy atom. The number of ether oxygens (including phenoxy) is 1. The van der Waals surface area contributed by atoms with Crippen molar-refractivity contribution < 1.29 is 32.2 Å². The van der Waals surface area contributed by atoms with Crippen molar-refractivity contribution in [1.82, 2.24) is 19.3 Å². The summed E-state index contributed by atoms with van der Waals surface area (Å²) in [5.41, 5.74) is -2.89. The van der Waals surface area contributed by atoms with Gasteiger partial charge in [0.25, 0.3) is 0 Å². The number of aromatic nitrogens is 4. The van der Waals surface area contributed by atoms with E-state index >= 15 is 0 Å². The molecule has 0 amide bonds. The maximum Gasteiger partial charge on any atom is 0.507 e. The predicted octanol–water partition coefficient (Wildman–Crippen LogP) is 2.18. The van der Waals surface area contributed by atoms with E-state index in [0.717, 1.165) is 21.5 Å². The highest BCUT2D eigenvalue weighted by molar-refractivity contribution is 5.56. The van der Waals surface area contributed by atoms with E-state index in [9.17, 15) is 27.2 Å². The van der Waals surface area contributed by atoms with Crippen LogP contribution in [0.4, 0.5) is 22.4 Å². The Kier molecular flexibility index (Phi) is 4.42. The van der Waals surface area contributed by atoms with Crippen LogP contribution < -0.4 is 5.69 Å². The van der Waals surface area contributed by atoms with Gasteiger partial charge in [0.1, 0.15) is 5.82 Å². The number of pyridine rings is 1. The number of carbonyl (C=O) groups is 1. The molecule has 1 N–H and O–H groups in total. The van der Waals surface area contributed by atoms with E-state index in [1.807, 2.05) is 0 Å². The number of carboxylic acid groups (broad SMARTS) is 1. The van der Waals surface area contributed by atoms with Gasteiger partial charge in [-0.05, 0) is 12.5 Å². The minimum atomic E-state index is -4.97. The minimum absolute atomic E-state index is 0.220. The molecule has 0 saturated heterocycles. The van der Waals surface area contributed by atoms with E-state index in [0.29, 0.717) is 12.8 Å². The lowest BCUT2D eigenvalue weighted by atomic mass is 10.1. The van der Waals surface area contributed by atoms with Crippen LogP contribution >= 0.6 is 0 Å². The smallest absolute Gasteiger partial charge is 0.450 e. The van der Waals surface area contributed by atoms with E-state index < -0.39 is 47.9 Å². The Hall–Kier alpha value is -2.92. The molecule has 2 aromatic rings. The number of hydrogen-bond donors (Lipinski definition) is 1. The topological polar surface area (TPSA) is 99.2 Å². The summed E-state index contributed by atoms with van der Waals surface area (Å²) in [7, 11) is 0. The van der Waals surface area contributed by atoms with E-state index in [2.05, 4.69) is 14.8 Å². The second-order valence-electron chi connectivity index (χ2n) is 5.59. The van der Waals surface area contributed by atoms with E-state index in [1.54, 1.807) is 0 Å². The summed E-state index contributed by atoms with van der Waals surface area (Å²) in [5.74, 6) is -1.37. The van der Waals surface area contributed by atoms with Gasteiger partial charge in [-0.3, -0.25) is 0 Å². The first-order valence-corrected chi connectivity index (χ1v) is 7.47. The van der Waals surface area contributed by atoms with Gasteiger partial charge < -0.3 is 9.84 Å². The van der Waals surface area contributed by atoms with Crippen LogP contribution in [0.2, 0.25) is 0 Å². The molecular weight excluding hydrogens is 364 g/mol. The summed E-state index contributed by atoms with van der Waals surface area (Å²) in [6.45, 7) is -0.559. The van der Waals surface area contributed by atoms with Gasteiger partial charge in [-0.1, -0.05) is 0 Å². The lowest BCUT2D eigenvalue weighted by Gasteiger charge is -2.21. The number of alkyl halides is 3. The molecule has 0 fully saturated rings. The van der Waals surface area contributed by atoms with Gasteiger partial charge in [-0.2, -0.15) is 18.3 Å². The van der Waals surface area contributed by atoms with Crippen LogP contribution in [0.3, 0.4) is 0 Å². The van der Waals surface area contributed by atoms with Crippen LogP contribution in [0.1, 0.15) is 36.2 Å². The van der Waals surface area contributed by atoms with Crippen molar-refractivity contribution in [1.29, 1.82) is 0 Å². The molecule has 0 aliphatic carbocycles. The second-order valence-corrected chi connectivity index (χ2v) is 5.59. The summed E-state index contributed by atoms with van der Waals surface area (Å²) in [5, 5.41) is 12.7. The Balaban J connectivity index is 1.97. The third-order valence-electron chi connectivity index (χ3n) is 3.88. The van der Waals surface area contributed by atoms with Gasteiger partial charge in [0.05, 0.1) is 6.54 Å². The highest BCUT2D eigenvalue weighted by Gasteiger charge is 2.37. The maximum atomic E-state index is 14.1. The summed E-state index contributed by atoms with van der Waals surface area (Å²) in [6, 6.07) is 1.01. The molecule has 12 heteroatoms. The van der Waals surface area contributed by atoms with Crippen LogP contribution in [0.25, 0.3) is 0 Å². The first-order chi connectivity index (χ1) is 12.2. The fourth-order valence-corrected chi connectivity index (χ4v) is 2.78. The number of fused-ring (bicyclic) bond motifs is 1. The standard InChI is InChI=1S/C14H12F4N4O4/c15-10-7(4-5-19-11(10)14(16,17)18)6-21-12(23)22-8(20-21)2-1-3-9(22)26-13(24)25/h4-5,9H,1-3,6H2,(H,24,25)/t9-/m0/s1. The highest BCUT2D eigenvalue weighted by Crippen LogP contribution is 2.30. The van der Waals surface area contributed by atoms with Gasteiger partial charge in [0.15, 0.2) is 17.7 Å². The molecule has 0 radical (unpaired) electrons. The van der Waals surface area contributed by atoms with E-state index in [4.69, 9.17) is 5.11 Å². The molecule has 0 bridgehead atoms. The second kappa shape index (κ2) is 6.42. The van der Waals surface area contributed by atoms with Crippen molar-refractivity contribution in [3.05, 3.63) is 45.6 Å². The molecule has 3 rings (SSSR count). The van der Waals surface area contributed by atoms with Gasteiger partial charge in [0, 0.05) is 24.6 Å². The average Bonchev–Trinajstić information content (AvgIpc) is 2.85. The highest BCUT2D eigenvalue weighted by atomic mass is 19.4. The average molecular weight is 376 g/mol. The summed E-state index contributed by atoms with van der Waals surface area (Å²) in [4.78, 5) is 26.2. The summed E-state index contributed by atoms with van der Waals surface area (Å²) < 4.78 is 58.7. The lowest BCUT2D eigenvalue weighted by molar-refractivity contribution is -0.143. The molecule has 3 heterocycles. The monoisotopic (exact) mass is 376 g/mol. The van der Waals surface area contributed by atoms with Crippen LogP contribution in [-0.4, -0.2) is 30.6 Å².